The summed E-state index contributed by atoms with van der Waals surface area (Å²) in [5.74, 6) is -0.452. The van der Waals surface area contributed by atoms with E-state index in [1.54, 1.807) is 12.1 Å². The summed E-state index contributed by atoms with van der Waals surface area (Å²) in [7, 11) is 0. The van der Waals surface area contributed by atoms with E-state index >= 15 is 0 Å². The molecule has 0 unspecified atom stereocenters. The number of anilines is 1. The molecule has 0 saturated carbocycles. The molecule has 1 N–H and O–H groups in total. The average Bonchev–Trinajstić information content (AvgIpc) is 3.22. The van der Waals surface area contributed by atoms with Crippen LogP contribution >= 0.6 is 0 Å². The maximum absolute atomic E-state index is 13.1. The third-order valence-electron chi connectivity index (χ3n) is 4.24. The lowest BCUT2D eigenvalue weighted by molar-refractivity contribution is -0.117. The van der Waals surface area contributed by atoms with E-state index in [2.05, 4.69) is 20.6 Å². The molecule has 2 heterocycles. The predicted molar refractivity (Wildman–Crippen MR) is 107 cm³/mol. The summed E-state index contributed by atoms with van der Waals surface area (Å²) in [6, 6.07) is 15.6. The van der Waals surface area contributed by atoms with Gasteiger partial charge in [-0.3, -0.25) is 9.59 Å². The molecule has 0 radical (unpaired) electrons. The average molecular weight is 405 g/mol. The number of aromatic nitrogens is 4. The fraction of sp³-hybridized carbons (Fsp3) is 0.0952. The molecule has 4 rings (SSSR count). The molecule has 4 aromatic rings. The Labute approximate surface area is 170 Å². The fourth-order valence-corrected chi connectivity index (χ4v) is 2.69. The molecule has 0 saturated heterocycles. The first-order valence-corrected chi connectivity index (χ1v) is 9.03. The SMILES string of the molecule is Cc1ccc(NC(=O)Cn2nc(-c3nc(-c4ccc(F)cc4)no3)ccc2=O)cc1. The minimum atomic E-state index is -0.448. The van der Waals surface area contributed by atoms with Crippen molar-refractivity contribution in [3.8, 4) is 23.0 Å². The summed E-state index contributed by atoms with van der Waals surface area (Å²) in [5.41, 5.74) is 2.04. The van der Waals surface area contributed by atoms with Crippen molar-refractivity contribution in [2.45, 2.75) is 13.5 Å². The summed E-state index contributed by atoms with van der Waals surface area (Å²) in [4.78, 5) is 28.6. The molecule has 30 heavy (non-hydrogen) atoms. The number of carbonyl (C=O) groups is 1. The Bertz CT molecular complexity index is 1250. The van der Waals surface area contributed by atoms with Crippen LogP contribution in [0, 0.1) is 12.7 Å². The quantitative estimate of drug-likeness (QED) is 0.547. The molecule has 1 amide bonds. The van der Waals surface area contributed by atoms with Crippen LogP contribution in [0.2, 0.25) is 0 Å². The molecular weight excluding hydrogens is 389 g/mol. The lowest BCUT2D eigenvalue weighted by atomic mass is 10.2. The molecule has 0 bridgehead atoms. The second-order valence-electron chi connectivity index (χ2n) is 6.56. The Morgan fingerprint density at radius 2 is 1.80 bits per heavy atom. The van der Waals surface area contributed by atoms with E-state index in [1.807, 2.05) is 19.1 Å². The van der Waals surface area contributed by atoms with Gasteiger partial charge in [0.2, 0.25) is 11.7 Å². The van der Waals surface area contributed by atoms with E-state index in [0.29, 0.717) is 11.3 Å². The molecule has 9 heteroatoms. The first-order valence-electron chi connectivity index (χ1n) is 9.03. The molecular formula is C21H16FN5O3. The van der Waals surface area contributed by atoms with E-state index < -0.39 is 11.5 Å². The van der Waals surface area contributed by atoms with Crippen molar-refractivity contribution in [3.63, 3.8) is 0 Å². The van der Waals surface area contributed by atoms with Gasteiger partial charge < -0.3 is 9.84 Å². The molecule has 0 atom stereocenters. The number of aryl methyl sites for hydroxylation is 1. The Balaban J connectivity index is 1.53. The minimum Gasteiger partial charge on any atom is -0.332 e. The number of halogens is 1. The van der Waals surface area contributed by atoms with Gasteiger partial charge in [0.15, 0.2) is 0 Å². The molecule has 0 fully saturated rings. The van der Waals surface area contributed by atoms with Crippen molar-refractivity contribution in [1.29, 1.82) is 0 Å². The maximum atomic E-state index is 13.1. The van der Waals surface area contributed by atoms with Crippen LogP contribution in [0.25, 0.3) is 23.0 Å². The minimum absolute atomic E-state index is 0.0713. The van der Waals surface area contributed by atoms with Crippen LogP contribution in [0.3, 0.4) is 0 Å². The zero-order valence-corrected chi connectivity index (χ0v) is 15.9. The maximum Gasteiger partial charge on any atom is 0.278 e. The molecule has 8 nitrogen and oxygen atoms in total. The van der Waals surface area contributed by atoms with Crippen LogP contribution in [0.1, 0.15) is 5.56 Å². The second-order valence-corrected chi connectivity index (χ2v) is 6.56. The Kier molecular flexibility index (Phi) is 5.17. The first-order chi connectivity index (χ1) is 14.5. The summed E-state index contributed by atoms with van der Waals surface area (Å²) < 4.78 is 19.3. The van der Waals surface area contributed by atoms with Gasteiger partial charge >= 0.3 is 0 Å². The highest BCUT2D eigenvalue weighted by Crippen LogP contribution is 2.20. The summed E-state index contributed by atoms with van der Waals surface area (Å²) in [5, 5.41) is 10.7. The molecule has 0 aliphatic heterocycles. The standard InChI is InChI=1S/C21H16FN5O3/c1-13-2-8-16(9-3-13)23-18(28)12-27-19(29)11-10-17(25-27)21-24-20(26-30-21)14-4-6-15(22)7-5-14/h2-11H,12H2,1H3,(H,23,28). The highest BCUT2D eigenvalue weighted by Gasteiger charge is 2.14. The summed E-state index contributed by atoms with van der Waals surface area (Å²) in [6.45, 7) is 1.67. The molecule has 2 aromatic carbocycles. The molecule has 150 valence electrons. The van der Waals surface area contributed by atoms with Gasteiger partial charge in [-0.05, 0) is 49.4 Å². The number of benzene rings is 2. The van der Waals surface area contributed by atoms with Gasteiger partial charge in [-0.25, -0.2) is 9.07 Å². The molecule has 2 aromatic heterocycles. The number of hydrogen-bond donors (Lipinski definition) is 1. The van der Waals surface area contributed by atoms with E-state index in [1.165, 1.54) is 36.4 Å². The van der Waals surface area contributed by atoms with Gasteiger partial charge in [-0.1, -0.05) is 22.9 Å². The van der Waals surface area contributed by atoms with Crippen molar-refractivity contribution in [2.75, 3.05) is 5.32 Å². The Hall–Kier alpha value is -4.14. The number of hydrogen-bond acceptors (Lipinski definition) is 6. The molecule has 0 aliphatic carbocycles. The monoisotopic (exact) mass is 405 g/mol. The van der Waals surface area contributed by atoms with E-state index in [9.17, 15) is 14.0 Å². The van der Waals surface area contributed by atoms with Crippen molar-refractivity contribution in [1.82, 2.24) is 19.9 Å². The van der Waals surface area contributed by atoms with Crippen LogP contribution in [-0.2, 0) is 11.3 Å². The Morgan fingerprint density at radius 1 is 1.07 bits per heavy atom. The zero-order chi connectivity index (χ0) is 21.1. The van der Waals surface area contributed by atoms with Gasteiger partial charge in [-0.2, -0.15) is 10.1 Å². The van der Waals surface area contributed by atoms with Crippen molar-refractivity contribution < 1.29 is 13.7 Å². The van der Waals surface area contributed by atoms with Gasteiger partial charge in [0.1, 0.15) is 18.1 Å². The summed E-state index contributed by atoms with van der Waals surface area (Å²) >= 11 is 0. The van der Waals surface area contributed by atoms with Crippen molar-refractivity contribution in [2.24, 2.45) is 0 Å². The van der Waals surface area contributed by atoms with Crippen LogP contribution in [-0.4, -0.2) is 25.8 Å². The predicted octanol–water partition coefficient (Wildman–Crippen LogP) is 3.05. The normalized spacial score (nSPS) is 10.7. The highest BCUT2D eigenvalue weighted by atomic mass is 19.1. The first kappa shape index (κ1) is 19.2. The van der Waals surface area contributed by atoms with Crippen LogP contribution in [0.5, 0.6) is 0 Å². The number of carbonyl (C=O) groups excluding carboxylic acids is 1. The van der Waals surface area contributed by atoms with Crippen LogP contribution in [0.4, 0.5) is 10.1 Å². The Morgan fingerprint density at radius 3 is 2.53 bits per heavy atom. The van der Waals surface area contributed by atoms with Gasteiger partial charge in [0, 0.05) is 17.3 Å². The number of nitrogens with one attached hydrogen (secondary N) is 1. The smallest absolute Gasteiger partial charge is 0.278 e. The highest BCUT2D eigenvalue weighted by molar-refractivity contribution is 5.90. The largest absolute Gasteiger partial charge is 0.332 e. The number of rotatable bonds is 5. The molecule has 0 spiro atoms. The third-order valence-corrected chi connectivity index (χ3v) is 4.24. The third kappa shape index (κ3) is 4.30. The van der Waals surface area contributed by atoms with Gasteiger partial charge in [0.05, 0.1) is 0 Å². The topological polar surface area (TPSA) is 103 Å². The fourth-order valence-electron chi connectivity index (χ4n) is 2.69. The zero-order valence-electron chi connectivity index (χ0n) is 15.9. The van der Waals surface area contributed by atoms with E-state index in [0.717, 1.165) is 10.2 Å². The van der Waals surface area contributed by atoms with Gasteiger partial charge in [0.25, 0.3) is 11.4 Å². The van der Waals surface area contributed by atoms with Crippen LogP contribution < -0.4 is 10.9 Å². The number of nitrogens with zero attached hydrogens (tertiary/aromatic N) is 4. The van der Waals surface area contributed by atoms with Gasteiger partial charge in [-0.15, -0.1) is 0 Å². The lowest BCUT2D eigenvalue weighted by Gasteiger charge is -2.07. The van der Waals surface area contributed by atoms with E-state index in [4.69, 9.17) is 4.52 Å². The van der Waals surface area contributed by atoms with Crippen molar-refractivity contribution in [3.05, 3.63) is 82.4 Å². The molecule has 0 aliphatic rings. The van der Waals surface area contributed by atoms with E-state index in [-0.39, 0.29) is 29.8 Å². The second kappa shape index (κ2) is 8.08. The number of amides is 1. The lowest BCUT2D eigenvalue weighted by Crippen LogP contribution is -2.29. The van der Waals surface area contributed by atoms with Crippen LogP contribution in [0.15, 0.2) is 70.0 Å². The van der Waals surface area contributed by atoms with Crippen molar-refractivity contribution >= 4 is 11.6 Å². The summed E-state index contributed by atoms with van der Waals surface area (Å²) in [6.07, 6.45) is 0.